The van der Waals surface area contributed by atoms with E-state index >= 15 is 0 Å². The van der Waals surface area contributed by atoms with Crippen LogP contribution in [0.1, 0.15) is 34.5 Å². The molecule has 4 rings (SSSR count). The smallest absolute Gasteiger partial charge is 0.264 e. The fraction of sp³-hybridized carbons (Fsp3) is 0.588. The number of rotatable bonds is 3. The highest BCUT2D eigenvalue weighted by molar-refractivity contribution is 7.20. The van der Waals surface area contributed by atoms with Crippen molar-refractivity contribution in [2.24, 2.45) is 0 Å². The first-order valence-corrected chi connectivity index (χ1v) is 9.43. The molecule has 0 bridgehead atoms. The molecule has 24 heavy (non-hydrogen) atoms. The summed E-state index contributed by atoms with van der Waals surface area (Å²) in [6.45, 7) is 5.63. The van der Waals surface area contributed by atoms with Crippen LogP contribution in [0.15, 0.2) is 6.33 Å². The summed E-state index contributed by atoms with van der Waals surface area (Å²) in [7, 11) is 2.12. The number of thiophene rings is 1. The lowest BCUT2D eigenvalue weighted by Gasteiger charge is -2.20. The number of likely N-dealkylation sites (N-methyl/N-ethyl adjacent to an activating group) is 1. The summed E-state index contributed by atoms with van der Waals surface area (Å²) in [5.74, 6) is 1.02. The van der Waals surface area contributed by atoms with Gasteiger partial charge in [0.15, 0.2) is 0 Å². The Hall–Kier alpha value is -1.73. The number of carbonyl (C=O) groups excluding carboxylic acids is 1. The van der Waals surface area contributed by atoms with Crippen molar-refractivity contribution in [3.05, 3.63) is 16.8 Å². The van der Waals surface area contributed by atoms with Crippen LogP contribution in [0.2, 0.25) is 0 Å². The molecule has 1 N–H and O–H groups in total. The first-order valence-electron chi connectivity index (χ1n) is 8.62. The number of amides is 1. The molecule has 1 aliphatic heterocycles. The molecule has 0 aromatic carbocycles. The molecule has 0 radical (unpaired) electrons. The molecule has 0 spiro atoms. The summed E-state index contributed by atoms with van der Waals surface area (Å²) < 4.78 is 0. The summed E-state index contributed by atoms with van der Waals surface area (Å²) in [6, 6.07) is 0.530. The second kappa shape index (κ2) is 6.29. The highest BCUT2D eigenvalue weighted by atomic mass is 32.1. The maximum atomic E-state index is 13.0. The number of nitrogens with zero attached hydrogens (tertiary/aromatic N) is 4. The van der Waals surface area contributed by atoms with Gasteiger partial charge >= 0.3 is 0 Å². The standard InChI is InChI=1S/C17H23N5OS/c1-11-13-15(20-12-4-5-12)18-10-19-16(13)24-14(11)17(23)22-7-3-6-21(2)8-9-22/h10,12H,3-9H2,1-2H3,(H,18,19,20). The van der Waals surface area contributed by atoms with Crippen LogP contribution in [0.25, 0.3) is 10.2 Å². The van der Waals surface area contributed by atoms with E-state index in [9.17, 15) is 4.79 Å². The van der Waals surface area contributed by atoms with Crippen LogP contribution in [0.3, 0.4) is 0 Å². The Labute approximate surface area is 145 Å². The third-order valence-electron chi connectivity index (χ3n) is 4.85. The van der Waals surface area contributed by atoms with E-state index in [0.29, 0.717) is 6.04 Å². The minimum atomic E-state index is 0.142. The lowest BCUT2D eigenvalue weighted by Crippen LogP contribution is -2.34. The number of aryl methyl sites for hydroxylation is 1. The third kappa shape index (κ3) is 2.98. The Kier molecular flexibility index (Phi) is 4.14. The van der Waals surface area contributed by atoms with Crippen molar-refractivity contribution in [3.63, 3.8) is 0 Å². The van der Waals surface area contributed by atoms with Crippen molar-refractivity contribution >= 4 is 33.3 Å². The van der Waals surface area contributed by atoms with E-state index in [2.05, 4.69) is 27.2 Å². The fourth-order valence-corrected chi connectivity index (χ4v) is 4.32. The monoisotopic (exact) mass is 345 g/mol. The summed E-state index contributed by atoms with van der Waals surface area (Å²) in [5, 5.41) is 4.49. The van der Waals surface area contributed by atoms with Gasteiger partial charge in [-0.2, -0.15) is 0 Å². The number of hydrogen-bond donors (Lipinski definition) is 1. The van der Waals surface area contributed by atoms with Crippen LogP contribution in [-0.4, -0.2) is 64.9 Å². The minimum absolute atomic E-state index is 0.142. The van der Waals surface area contributed by atoms with Gasteiger partial charge in [0.2, 0.25) is 0 Å². The Morgan fingerprint density at radius 2 is 2.08 bits per heavy atom. The first kappa shape index (κ1) is 15.8. The number of fused-ring (bicyclic) bond motifs is 1. The molecule has 2 aliphatic rings. The molecule has 0 atom stereocenters. The summed E-state index contributed by atoms with van der Waals surface area (Å²) in [6.07, 6.45) is 5.02. The molecule has 2 aromatic rings. The highest BCUT2D eigenvalue weighted by Crippen LogP contribution is 2.36. The van der Waals surface area contributed by atoms with E-state index in [0.717, 1.165) is 59.1 Å². The van der Waals surface area contributed by atoms with Gasteiger partial charge in [0, 0.05) is 25.7 Å². The molecular formula is C17H23N5OS. The molecule has 1 aliphatic carbocycles. The van der Waals surface area contributed by atoms with Gasteiger partial charge in [0.1, 0.15) is 17.0 Å². The van der Waals surface area contributed by atoms with Gasteiger partial charge in [-0.25, -0.2) is 9.97 Å². The topological polar surface area (TPSA) is 61.4 Å². The van der Waals surface area contributed by atoms with Crippen molar-refractivity contribution in [1.29, 1.82) is 0 Å². The lowest BCUT2D eigenvalue weighted by molar-refractivity contribution is 0.0767. The zero-order chi connectivity index (χ0) is 16.7. The molecule has 6 nitrogen and oxygen atoms in total. The second-order valence-corrected chi connectivity index (χ2v) is 7.83. The van der Waals surface area contributed by atoms with Crippen LogP contribution in [0.5, 0.6) is 0 Å². The number of carbonyl (C=O) groups is 1. The summed E-state index contributed by atoms with van der Waals surface area (Å²) in [5.41, 5.74) is 1.02. The van der Waals surface area contributed by atoms with Crippen molar-refractivity contribution in [1.82, 2.24) is 19.8 Å². The third-order valence-corrected chi connectivity index (χ3v) is 6.03. The Bertz CT molecular complexity index is 770. The van der Waals surface area contributed by atoms with Crippen molar-refractivity contribution in [3.8, 4) is 0 Å². The van der Waals surface area contributed by atoms with Gasteiger partial charge in [0.05, 0.1) is 10.3 Å². The van der Waals surface area contributed by atoms with Gasteiger partial charge in [0.25, 0.3) is 5.91 Å². The molecule has 1 amide bonds. The van der Waals surface area contributed by atoms with E-state index in [1.807, 2.05) is 11.8 Å². The fourth-order valence-electron chi connectivity index (χ4n) is 3.20. The van der Waals surface area contributed by atoms with Crippen molar-refractivity contribution in [2.45, 2.75) is 32.2 Å². The zero-order valence-electron chi connectivity index (χ0n) is 14.2. The van der Waals surface area contributed by atoms with Crippen LogP contribution < -0.4 is 5.32 Å². The molecule has 1 saturated heterocycles. The molecule has 3 heterocycles. The Balaban J connectivity index is 1.66. The second-order valence-electron chi connectivity index (χ2n) is 6.83. The maximum absolute atomic E-state index is 13.0. The molecule has 0 unspecified atom stereocenters. The molecule has 128 valence electrons. The van der Waals surface area contributed by atoms with Crippen LogP contribution in [-0.2, 0) is 0 Å². The normalized spacial score (nSPS) is 19.5. The number of nitrogens with one attached hydrogen (secondary N) is 1. The molecule has 7 heteroatoms. The average molecular weight is 345 g/mol. The summed E-state index contributed by atoms with van der Waals surface area (Å²) >= 11 is 1.50. The molecular weight excluding hydrogens is 322 g/mol. The SMILES string of the molecule is Cc1c(C(=O)N2CCCN(C)CC2)sc2ncnc(NC3CC3)c12. The van der Waals surface area contributed by atoms with Gasteiger partial charge in [-0.05, 0) is 45.3 Å². The number of anilines is 1. The maximum Gasteiger partial charge on any atom is 0.264 e. The van der Waals surface area contributed by atoms with Crippen molar-refractivity contribution in [2.75, 3.05) is 38.5 Å². The summed E-state index contributed by atoms with van der Waals surface area (Å²) in [4.78, 5) is 27.8. The minimum Gasteiger partial charge on any atom is -0.367 e. The molecule has 1 saturated carbocycles. The van der Waals surface area contributed by atoms with Gasteiger partial charge in [-0.15, -0.1) is 11.3 Å². The van der Waals surface area contributed by atoms with Gasteiger partial charge in [-0.3, -0.25) is 4.79 Å². The highest BCUT2D eigenvalue weighted by Gasteiger charge is 2.27. The average Bonchev–Trinajstić information content (AvgIpc) is 3.35. The van der Waals surface area contributed by atoms with E-state index in [4.69, 9.17) is 0 Å². The van der Waals surface area contributed by atoms with Crippen molar-refractivity contribution < 1.29 is 4.79 Å². The predicted octanol–water partition coefficient (Wildman–Crippen LogP) is 2.35. The van der Waals surface area contributed by atoms with Crippen LogP contribution in [0, 0.1) is 6.92 Å². The van der Waals surface area contributed by atoms with E-state index in [1.165, 1.54) is 24.2 Å². The number of aromatic nitrogens is 2. The lowest BCUT2D eigenvalue weighted by atomic mass is 10.2. The zero-order valence-corrected chi connectivity index (χ0v) is 15.0. The largest absolute Gasteiger partial charge is 0.367 e. The van der Waals surface area contributed by atoms with E-state index in [-0.39, 0.29) is 5.91 Å². The van der Waals surface area contributed by atoms with Crippen LogP contribution >= 0.6 is 11.3 Å². The van der Waals surface area contributed by atoms with E-state index < -0.39 is 0 Å². The predicted molar refractivity (Wildman–Crippen MR) is 96.8 cm³/mol. The van der Waals surface area contributed by atoms with Gasteiger partial charge in [-0.1, -0.05) is 0 Å². The van der Waals surface area contributed by atoms with E-state index in [1.54, 1.807) is 6.33 Å². The van der Waals surface area contributed by atoms with Gasteiger partial charge < -0.3 is 15.1 Å². The molecule has 2 fully saturated rings. The molecule has 2 aromatic heterocycles. The quantitative estimate of drug-likeness (QED) is 0.925. The first-order chi connectivity index (χ1) is 11.6. The number of hydrogen-bond acceptors (Lipinski definition) is 6. The Morgan fingerprint density at radius 3 is 2.88 bits per heavy atom. The van der Waals surface area contributed by atoms with Crippen LogP contribution in [0.4, 0.5) is 5.82 Å². The Morgan fingerprint density at radius 1 is 1.25 bits per heavy atom.